The largest absolute Gasteiger partial charge is 0.456 e. The van der Waals surface area contributed by atoms with Crippen molar-refractivity contribution in [3.63, 3.8) is 0 Å². The van der Waals surface area contributed by atoms with Gasteiger partial charge in [-0.15, -0.1) is 24.8 Å². The molecule has 3 aromatic heterocycles. The van der Waals surface area contributed by atoms with E-state index in [1.165, 1.54) is 30.7 Å². The number of carbonyl (C=O) groups is 1. The number of H-pyrrole nitrogens is 1. The fourth-order valence-corrected chi connectivity index (χ4v) is 3.72. The van der Waals surface area contributed by atoms with Gasteiger partial charge < -0.3 is 26.1 Å². The van der Waals surface area contributed by atoms with Gasteiger partial charge in [-0.1, -0.05) is 17.7 Å². The second-order valence-electron chi connectivity index (χ2n) is 7.99. The number of hydrogen-bond donors (Lipinski definition) is 4. The highest BCUT2D eigenvalue weighted by Gasteiger charge is 2.30. The summed E-state index contributed by atoms with van der Waals surface area (Å²) >= 11 is 6.31. The topological polar surface area (TPSA) is 150 Å². The van der Waals surface area contributed by atoms with Gasteiger partial charge in [-0.05, 0) is 48.5 Å². The highest BCUT2D eigenvalue weighted by Crippen LogP contribution is 2.36. The second kappa shape index (κ2) is 14.6. The Labute approximate surface area is 249 Å². The van der Waals surface area contributed by atoms with Crippen molar-refractivity contribution in [1.29, 1.82) is 0 Å². The summed E-state index contributed by atoms with van der Waals surface area (Å²) in [6.07, 6.45) is 0.349. The van der Waals surface area contributed by atoms with Gasteiger partial charge in [-0.3, -0.25) is 9.89 Å². The predicted octanol–water partition coefficient (Wildman–Crippen LogP) is 5.95. The van der Waals surface area contributed by atoms with E-state index in [4.69, 9.17) is 27.8 Å². The molecule has 0 bridgehead atoms. The zero-order valence-electron chi connectivity index (χ0n) is 20.9. The molecule has 0 spiro atoms. The number of anilines is 2. The maximum Gasteiger partial charge on any atom is 0.416 e. The fourth-order valence-electron chi connectivity index (χ4n) is 3.50. The predicted molar refractivity (Wildman–Crippen MR) is 154 cm³/mol. The lowest BCUT2D eigenvalue weighted by atomic mass is 10.2. The zero-order valence-corrected chi connectivity index (χ0v) is 23.3. The van der Waals surface area contributed by atoms with Crippen LogP contribution >= 0.6 is 36.4 Å². The molecule has 1 amide bonds. The first kappa shape index (κ1) is 33.2. The summed E-state index contributed by atoms with van der Waals surface area (Å²) in [5.41, 5.74) is 12.2. The highest BCUT2D eigenvalue weighted by molar-refractivity contribution is 6.32. The molecule has 10 nitrogen and oxygen atoms in total. The number of nitrogens with zero attached hydrogens (tertiary/aromatic N) is 4. The number of halogens is 6. The minimum Gasteiger partial charge on any atom is -0.456 e. The summed E-state index contributed by atoms with van der Waals surface area (Å²) in [4.78, 5) is 18.8. The van der Waals surface area contributed by atoms with Gasteiger partial charge in [0.05, 0.1) is 16.1 Å². The van der Waals surface area contributed by atoms with E-state index in [-0.39, 0.29) is 41.3 Å². The quantitative estimate of drug-likeness (QED) is 0.173. The van der Waals surface area contributed by atoms with Crippen LogP contribution in [0.5, 0.6) is 11.5 Å². The maximum atomic E-state index is 12.9. The smallest absolute Gasteiger partial charge is 0.416 e. The number of aromatic nitrogens is 5. The average molecular weight is 632 g/mol. The van der Waals surface area contributed by atoms with Crippen molar-refractivity contribution in [2.75, 3.05) is 11.9 Å². The van der Waals surface area contributed by atoms with Crippen molar-refractivity contribution in [2.24, 2.45) is 11.5 Å². The van der Waals surface area contributed by atoms with Crippen molar-refractivity contribution in [1.82, 2.24) is 24.7 Å². The van der Waals surface area contributed by atoms with Gasteiger partial charge >= 0.3 is 6.18 Å². The van der Waals surface area contributed by atoms with Crippen LogP contribution < -0.4 is 21.5 Å². The lowest BCUT2D eigenvalue weighted by Crippen LogP contribution is -2.10. The van der Waals surface area contributed by atoms with Crippen LogP contribution in [0.4, 0.5) is 24.7 Å². The molecule has 0 aliphatic carbocycles. The van der Waals surface area contributed by atoms with Gasteiger partial charge in [0.25, 0.3) is 5.91 Å². The maximum absolute atomic E-state index is 12.9. The Morgan fingerprint density at radius 2 is 1.88 bits per heavy atom. The summed E-state index contributed by atoms with van der Waals surface area (Å²) in [6, 6.07) is 12.9. The van der Waals surface area contributed by atoms with Crippen LogP contribution in [0.3, 0.4) is 0 Å². The average Bonchev–Trinajstić information content (AvgIpc) is 3.58. The van der Waals surface area contributed by atoms with E-state index in [2.05, 4.69) is 25.5 Å². The third-order valence-electron chi connectivity index (χ3n) is 5.27. The number of ether oxygens (including phenoxy) is 1. The number of carbonyl (C=O) groups excluding carboxylic acids is 1. The monoisotopic (exact) mass is 630 g/mol. The third kappa shape index (κ3) is 8.47. The molecule has 2 aromatic carbocycles. The Bertz CT molecular complexity index is 1580. The first-order valence-electron chi connectivity index (χ1n) is 11.4. The summed E-state index contributed by atoms with van der Waals surface area (Å²) < 4.78 is 46.2. The molecule has 0 fully saturated rings. The van der Waals surface area contributed by atoms with Crippen LogP contribution in [0.25, 0.3) is 11.0 Å². The molecule has 218 valence electrons. The highest BCUT2D eigenvalue weighted by atomic mass is 35.5. The molecule has 41 heavy (non-hydrogen) atoms. The number of nitrogens with two attached hydrogens (primary N) is 2. The molecule has 6 N–H and O–H groups in total. The van der Waals surface area contributed by atoms with Crippen LogP contribution in [0.2, 0.25) is 5.02 Å². The van der Waals surface area contributed by atoms with Crippen LogP contribution in [0.1, 0.15) is 16.1 Å². The number of amides is 1. The van der Waals surface area contributed by atoms with E-state index in [9.17, 15) is 18.0 Å². The molecule has 0 atom stereocenters. The van der Waals surface area contributed by atoms with Crippen LogP contribution in [0.15, 0.2) is 73.3 Å². The van der Waals surface area contributed by atoms with Crippen molar-refractivity contribution in [3.05, 3.63) is 89.6 Å². The third-order valence-corrected chi connectivity index (χ3v) is 5.57. The van der Waals surface area contributed by atoms with Crippen molar-refractivity contribution >= 4 is 64.9 Å². The first-order valence-corrected chi connectivity index (χ1v) is 11.7. The Kier molecular flexibility index (Phi) is 11.8. The van der Waals surface area contributed by atoms with Gasteiger partial charge in [0.1, 0.15) is 29.0 Å². The Morgan fingerprint density at radius 3 is 2.49 bits per heavy atom. The van der Waals surface area contributed by atoms with Crippen molar-refractivity contribution in [2.45, 2.75) is 12.7 Å². The molecule has 3 heterocycles. The van der Waals surface area contributed by atoms with E-state index < -0.39 is 17.6 Å². The van der Waals surface area contributed by atoms with Gasteiger partial charge in [-0.25, -0.2) is 9.97 Å². The molecule has 0 unspecified atom stereocenters. The van der Waals surface area contributed by atoms with Crippen molar-refractivity contribution < 1.29 is 22.7 Å². The Hall–Kier alpha value is -4.04. The van der Waals surface area contributed by atoms with Gasteiger partial charge in [0, 0.05) is 31.2 Å². The zero-order chi connectivity index (χ0) is 28.0. The number of hydrogen-bond acceptors (Lipinski definition) is 7. The van der Waals surface area contributed by atoms with Crippen LogP contribution in [-0.2, 0) is 12.7 Å². The molecule has 0 aliphatic heterocycles. The van der Waals surface area contributed by atoms with E-state index in [1.54, 1.807) is 18.2 Å². The molecular weight excluding hydrogens is 608 g/mol. The molecule has 0 saturated heterocycles. The number of aromatic amines is 1. The Balaban J connectivity index is 0.000000510. The number of rotatable bonds is 7. The van der Waals surface area contributed by atoms with Crippen LogP contribution in [-0.4, -0.2) is 37.2 Å². The summed E-state index contributed by atoms with van der Waals surface area (Å²) in [5.74, 6) is 0.356. The molecular formula is C25H24Cl3F3N8O2. The minimum absolute atomic E-state index is 0. The van der Waals surface area contributed by atoms with E-state index in [0.717, 1.165) is 23.2 Å². The van der Waals surface area contributed by atoms with Crippen LogP contribution in [0, 0.1) is 0 Å². The summed E-state index contributed by atoms with van der Waals surface area (Å²) in [6.45, 7) is 1.07. The second-order valence-corrected chi connectivity index (χ2v) is 8.39. The lowest BCUT2D eigenvalue weighted by molar-refractivity contribution is -0.137. The van der Waals surface area contributed by atoms with Gasteiger partial charge in [0.15, 0.2) is 5.82 Å². The van der Waals surface area contributed by atoms with E-state index >= 15 is 0 Å². The first-order chi connectivity index (χ1) is 18.7. The Morgan fingerprint density at radius 1 is 1.10 bits per heavy atom. The number of fused-ring (bicyclic) bond motifs is 1. The molecule has 0 saturated carbocycles. The number of primary amides is 1. The normalized spacial score (nSPS) is 10.6. The number of nitrogens with one attached hydrogen (secondary N) is 2. The SMILES string of the molecule is Cl.Cl.NC(=O)c1ccn[nH]1.NCCn1ccc2ncnc(Nc3ccc(Oc4cccc(C(F)(F)F)c4)c(Cl)c3)c21. The molecule has 0 aliphatic rings. The number of benzene rings is 2. The van der Waals surface area contributed by atoms with Gasteiger partial charge in [-0.2, -0.15) is 18.3 Å². The fraction of sp³-hybridized carbons (Fsp3) is 0.120. The van der Waals surface area contributed by atoms with Crippen molar-refractivity contribution in [3.8, 4) is 11.5 Å². The standard InChI is InChI=1S/C21H17ClF3N5O.C4H5N3O.2ClH/c22-16-11-14(29-20-19-17(27-12-28-20)6-8-30(19)9-7-26)4-5-18(16)31-15-3-1-2-13(10-15)21(23,24)25;5-4(8)3-1-2-6-7-3;;/h1-6,8,10-12H,7,9,26H2,(H,27,28,29);1-2H,(H2,5,8)(H,6,7);2*1H. The molecule has 16 heteroatoms. The molecule has 5 aromatic rings. The molecule has 0 radical (unpaired) electrons. The summed E-state index contributed by atoms with van der Waals surface area (Å²) in [7, 11) is 0. The van der Waals surface area contributed by atoms with E-state index in [0.29, 0.717) is 30.3 Å². The summed E-state index contributed by atoms with van der Waals surface area (Å²) in [5, 5.41) is 9.35. The van der Waals surface area contributed by atoms with E-state index in [1.807, 2.05) is 16.8 Å². The lowest BCUT2D eigenvalue weighted by Gasteiger charge is -2.13. The van der Waals surface area contributed by atoms with Gasteiger partial charge in [0.2, 0.25) is 0 Å². The molecule has 5 rings (SSSR count). The minimum atomic E-state index is -4.46. The number of alkyl halides is 3.